The van der Waals surface area contributed by atoms with Crippen molar-refractivity contribution in [2.24, 2.45) is 5.41 Å². The predicted octanol–water partition coefficient (Wildman–Crippen LogP) is 4.05. The number of hydrogen-bond donors (Lipinski definition) is 1. The summed E-state index contributed by atoms with van der Waals surface area (Å²) in [6.45, 7) is 3.76. The molecule has 0 saturated heterocycles. The lowest BCUT2D eigenvalue weighted by Crippen LogP contribution is -2.36. The zero-order chi connectivity index (χ0) is 16.9. The van der Waals surface area contributed by atoms with Crippen LogP contribution in [0.3, 0.4) is 0 Å². The summed E-state index contributed by atoms with van der Waals surface area (Å²) < 4.78 is 10.2. The Labute approximate surface area is 137 Å². The first-order valence-electron chi connectivity index (χ1n) is 7.53. The van der Waals surface area contributed by atoms with E-state index in [1.807, 2.05) is 68.4 Å². The van der Waals surface area contributed by atoms with E-state index >= 15 is 0 Å². The van der Waals surface area contributed by atoms with Crippen LogP contribution in [0.1, 0.15) is 25.5 Å². The number of anilines is 1. The van der Waals surface area contributed by atoms with Gasteiger partial charge in [-0.25, -0.2) is 0 Å². The molecule has 0 heterocycles. The standard InChI is InChI=1S/C19H23NO3/c1-19(2,18(21)23-4)17(14-8-6-5-7-9-14)20-15-10-12-16(22-3)13-11-15/h5-13,17,20H,1-4H3/t17-/m0/s1. The Morgan fingerprint density at radius 2 is 1.61 bits per heavy atom. The number of carbonyl (C=O) groups excluding carboxylic acids is 1. The van der Waals surface area contributed by atoms with Gasteiger partial charge < -0.3 is 14.8 Å². The molecule has 2 aromatic carbocycles. The summed E-state index contributed by atoms with van der Waals surface area (Å²) in [6, 6.07) is 17.3. The van der Waals surface area contributed by atoms with Crippen LogP contribution < -0.4 is 10.1 Å². The molecular weight excluding hydrogens is 290 g/mol. The first-order chi connectivity index (χ1) is 11.0. The number of rotatable bonds is 6. The smallest absolute Gasteiger partial charge is 0.313 e. The van der Waals surface area contributed by atoms with Gasteiger partial charge in [0.25, 0.3) is 0 Å². The van der Waals surface area contributed by atoms with Crippen LogP contribution in [0.4, 0.5) is 5.69 Å². The van der Waals surface area contributed by atoms with Crippen molar-refractivity contribution in [3.05, 3.63) is 60.2 Å². The largest absolute Gasteiger partial charge is 0.497 e. The molecule has 2 rings (SSSR count). The Kier molecular flexibility index (Phi) is 5.27. The highest BCUT2D eigenvalue weighted by Gasteiger charge is 2.39. The average Bonchev–Trinajstić information content (AvgIpc) is 2.60. The quantitative estimate of drug-likeness (QED) is 0.817. The van der Waals surface area contributed by atoms with Crippen molar-refractivity contribution in [1.29, 1.82) is 0 Å². The summed E-state index contributed by atoms with van der Waals surface area (Å²) in [5.41, 5.74) is 1.21. The minimum absolute atomic E-state index is 0.218. The normalized spacial score (nSPS) is 12.3. The molecule has 0 spiro atoms. The van der Waals surface area contributed by atoms with Gasteiger partial charge in [0.1, 0.15) is 5.75 Å². The fraction of sp³-hybridized carbons (Fsp3) is 0.316. The lowest BCUT2D eigenvalue weighted by molar-refractivity contribution is -0.151. The minimum Gasteiger partial charge on any atom is -0.497 e. The predicted molar refractivity (Wildman–Crippen MR) is 91.6 cm³/mol. The van der Waals surface area contributed by atoms with Crippen LogP contribution in [-0.2, 0) is 9.53 Å². The van der Waals surface area contributed by atoms with Crippen LogP contribution in [0.2, 0.25) is 0 Å². The number of nitrogens with one attached hydrogen (secondary N) is 1. The highest BCUT2D eigenvalue weighted by molar-refractivity contribution is 5.78. The van der Waals surface area contributed by atoms with Crippen LogP contribution in [0.25, 0.3) is 0 Å². The maximum atomic E-state index is 12.3. The van der Waals surface area contributed by atoms with Crippen molar-refractivity contribution < 1.29 is 14.3 Å². The van der Waals surface area contributed by atoms with Crippen molar-refractivity contribution in [2.45, 2.75) is 19.9 Å². The van der Waals surface area contributed by atoms with Crippen molar-refractivity contribution in [1.82, 2.24) is 0 Å². The van der Waals surface area contributed by atoms with Crippen molar-refractivity contribution in [3.63, 3.8) is 0 Å². The summed E-state index contributed by atoms with van der Waals surface area (Å²) in [5, 5.41) is 3.45. The molecule has 0 amide bonds. The molecule has 122 valence electrons. The third-order valence-corrected chi connectivity index (χ3v) is 3.97. The zero-order valence-corrected chi connectivity index (χ0v) is 14.0. The Morgan fingerprint density at radius 1 is 1.00 bits per heavy atom. The highest BCUT2D eigenvalue weighted by atomic mass is 16.5. The monoisotopic (exact) mass is 313 g/mol. The molecule has 0 aliphatic heterocycles. The zero-order valence-electron chi connectivity index (χ0n) is 14.0. The van der Waals surface area contributed by atoms with Crippen LogP contribution in [0, 0.1) is 5.41 Å². The van der Waals surface area contributed by atoms with E-state index in [0.717, 1.165) is 17.0 Å². The number of benzene rings is 2. The van der Waals surface area contributed by atoms with Gasteiger partial charge in [-0.3, -0.25) is 4.79 Å². The van der Waals surface area contributed by atoms with Gasteiger partial charge in [-0.1, -0.05) is 30.3 Å². The second kappa shape index (κ2) is 7.18. The van der Waals surface area contributed by atoms with Crippen LogP contribution in [0.5, 0.6) is 5.75 Å². The molecule has 23 heavy (non-hydrogen) atoms. The van der Waals surface area contributed by atoms with Gasteiger partial charge >= 0.3 is 5.97 Å². The van der Waals surface area contributed by atoms with E-state index in [2.05, 4.69) is 5.32 Å². The fourth-order valence-corrected chi connectivity index (χ4v) is 2.56. The van der Waals surface area contributed by atoms with E-state index in [1.165, 1.54) is 7.11 Å². The number of carbonyl (C=O) groups is 1. The maximum Gasteiger partial charge on any atom is 0.313 e. The summed E-state index contributed by atoms with van der Waals surface area (Å²) in [4.78, 5) is 12.3. The van der Waals surface area contributed by atoms with Crippen molar-refractivity contribution in [2.75, 3.05) is 19.5 Å². The summed E-state index contributed by atoms with van der Waals surface area (Å²) >= 11 is 0. The number of hydrogen-bond acceptors (Lipinski definition) is 4. The van der Waals surface area contributed by atoms with Crippen molar-refractivity contribution >= 4 is 11.7 Å². The van der Waals surface area contributed by atoms with E-state index in [1.54, 1.807) is 7.11 Å². The molecule has 0 unspecified atom stereocenters. The SMILES string of the molecule is COC(=O)C(C)(C)[C@@H](Nc1ccc(OC)cc1)c1ccccc1. The van der Waals surface area contributed by atoms with E-state index < -0.39 is 5.41 Å². The topological polar surface area (TPSA) is 47.6 Å². The third kappa shape index (κ3) is 3.83. The van der Waals surface area contributed by atoms with E-state index in [9.17, 15) is 4.79 Å². The molecule has 1 atom stereocenters. The van der Waals surface area contributed by atoms with Crippen LogP contribution in [0.15, 0.2) is 54.6 Å². The first kappa shape index (κ1) is 16.9. The van der Waals surface area contributed by atoms with E-state index in [4.69, 9.17) is 9.47 Å². The van der Waals surface area contributed by atoms with E-state index in [0.29, 0.717) is 0 Å². The third-order valence-electron chi connectivity index (χ3n) is 3.97. The first-order valence-corrected chi connectivity index (χ1v) is 7.53. The van der Waals surface area contributed by atoms with Crippen molar-refractivity contribution in [3.8, 4) is 5.75 Å². The average molecular weight is 313 g/mol. The lowest BCUT2D eigenvalue weighted by atomic mass is 9.80. The fourth-order valence-electron chi connectivity index (χ4n) is 2.56. The van der Waals surface area contributed by atoms with Crippen LogP contribution >= 0.6 is 0 Å². The Hall–Kier alpha value is -2.49. The number of esters is 1. The molecule has 0 fully saturated rings. The lowest BCUT2D eigenvalue weighted by Gasteiger charge is -2.33. The highest BCUT2D eigenvalue weighted by Crippen LogP contribution is 2.37. The van der Waals surface area contributed by atoms with Crippen LogP contribution in [-0.4, -0.2) is 20.2 Å². The molecule has 0 bridgehead atoms. The Balaban J connectivity index is 2.35. The molecule has 0 aromatic heterocycles. The minimum atomic E-state index is -0.726. The molecular formula is C19H23NO3. The molecule has 2 aromatic rings. The molecule has 0 radical (unpaired) electrons. The summed E-state index contributed by atoms with van der Waals surface area (Å²) in [5.74, 6) is 0.534. The molecule has 4 heteroatoms. The maximum absolute atomic E-state index is 12.3. The van der Waals surface area contributed by atoms with Gasteiger partial charge in [-0.15, -0.1) is 0 Å². The van der Waals surface area contributed by atoms with Gasteiger partial charge in [-0.05, 0) is 43.7 Å². The van der Waals surface area contributed by atoms with Gasteiger partial charge in [0.2, 0.25) is 0 Å². The number of ether oxygens (including phenoxy) is 2. The molecule has 0 aliphatic carbocycles. The number of methoxy groups -OCH3 is 2. The van der Waals surface area contributed by atoms with E-state index in [-0.39, 0.29) is 12.0 Å². The van der Waals surface area contributed by atoms with Gasteiger partial charge in [0.05, 0.1) is 25.7 Å². The summed E-state index contributed by atoms with van der Waals surface area (Å²) in [7, 11) is 3.05. The second-order valence-electron chi connectivity index (χ2n) is 5.93. The molecule has 0 aliphatic rings. The Morgan fingerprint density at radius 3 is 2.13 bits per heavy atom. The van der Waals surface area contributed by atoms with Gasteiger partial charge in [0, 0.05) is 5.69 Å². The molecule has 0 saturated carbocycles. The Bertz CT molecular complexity index is 635. The molecule has 4 nitrogen and oxygen atoms in total. The molecule has 1 N–H and O–H groups in total. The van der Waals surface area contributed by atoms with Gasteiger partial charge in [0.15, 0.2) is 0 Å². The summed E-state index contributed by atoms with van der Waals surface area (Å²) in [6.07, 6.45) is 0. The van der Waals surface area contributed by atoms with Gasteiger partial charge in [-0.2, -0.15) is 0 Å². The second-order valence-corrected chi connectivity index (χ2v) is 5.93.